The van der Waals surface area contributed by atoms with Crippen LogP contribution in [0.15, 0.2) is 30.3 Å². The van der Waals surface area contributed by atoms with Crippen LogP contribution in [0.25, 0.3) is 0 Å². The quantitative estimate of drug-likeness (QED) is 0.849. The van der Waals surface area contributed by atoms with Gasteiger partial charge in [0.1, 0.15) is 0 Å². The van der Waals surface area contributed by atoms with Crippen molar-refractivity contribution in [1.29, 1.82) is 0 Å². The summed E-state index contributed by atoms with van der Waals surface area (Å²) in [6.45, 7) is 5.38. The topological polar surface area (TPSA) is 40.6 Å². The minimum absolute atomic E-state index is 0.119. The summed E-state index contributed by atoms with van der Waals surface area (Å²) in [7, 11) is -3.19. The van der Waals surface area contributed by atoms with E-state index in [-0.39, 0.29) is 5.75 Å². The Hall–Kier alpha value is -0.910. The maximum atomic E-state index is 12.6. The zero-order valence-corrected chi connectivity index (χ0v) is 14.8. The zero-order valence-electron chi connectivity index (χ0n) is 14.0. The first-order valence-electron chi connectivity index (χ1n) is 8.80. The Morgan fingerprint density at radius 2 is 1.74 bits per heavy atom. The van der Waals surface area contributed by atoms with Crippen LogP contribution in [0, 0.1) is 5.92 Å². The lowest BCUT2D eigenvalue weighted by molar-refractivity contribution is 0.0966. The fourth-order valence-electron chi connectivity index (χ4n) is 3.96. The molecule has 2 atom stereocenters. The van der Waals surface area contributed by atoms with Crippen LogP contribution in [0.4, 0.5) is 0 Å². The average Bonchev–Trinajstić information content (AvgIpc) is 2.55. The second-order valence-electron chi connectivity index (χ2n) is 7.10. The van der Waals surface area contributed by atoms with Crippen molar-refractivity contribution < 1.29 is 8.42 Å². The number of hydrogen-bond donors (Lipinski definition) is 0. The summed E-state index contributed by atoms with van der Waals surface area (Å²) in [6, 6.07) is 10.1. The summed E-state index contributed by atoms with van der Waals surface area (Å²) in [5.41, 5.74) is 0.871. The van der Waals surface area contributed by atoms with Gasteiger partial charge in [-0.25, -0.2) is 8.42 Å². The van der Waals surface area contributed by atoms with Gasteiger partial charge in [-0.05, 0) is 24.3 Å². The van der Waals surface area contributed by atoms with Crippen molar-refractivity contribution in [1.82, 2.24) is 9.21 Å². The Balaban J connectivity index is 1.55. The number of hydrogen-bond acceptors (Lipinski definition) is 3. The molecule has 1 aromatic carbocycles. The van der Waals surface area contributed by atoms with Gasteiger partial charge in [-0.3, -0.25) is 4.90 Å². The molecule has 1 saturated carbocycles. The molecule has 0 bridgehead atoms. The standard InChI is InChI=1S/C18H28N2O2S/c1-16-6-5-9-18(14-16)19-10-12-20(13-11-19)23(21,22)15-17-7-3-2-4-8-17/h2-4,7-8,16,18H,5-6,9-15H2,1H3/t16-,18-/m0/s1. The summed E-state index contributed by atoms with van der Waals surface area (Å²) < 4.78 is 26.9. The van der Waals surface area contributed by atoms with Crippen LogP contribution >= 0.6 is 0 Å². The van der Waals surface area contributed by atoms with Crippen molar-refractivity contribution >= 4 is 10.0 Å². The second kappa shape index (κ2) is 7.32. The Bertz CT molecular complexity index is 595. The van der Waals surface area contributed by atoms with Crippen LogP contribution in [-0.2, 0) is 15.8 Å². The maximum absolute atomic E-state index is 12.6. The van der Waals surface area contributed by atoms with E-state index in [0.717, 1.165) is 24.6 Å². The highest BCUT2D eigenvalue weighted by Crippen LogP contribution is 2.28. The van der Waals surface area contributed by atoms with Gasteiger partial charge in [-0.2, -0.15) is 4.31 Å². The van der Waals surface area contributed by atoms with E-state index in [1.807, 2.05) is 30.3 Å². The minimum atomic E-state index is -3.19. The smallest absolute Gasteiger partial charge is 0.218 e. The van der Waals surface area contributed by atoms with Crippen LogP contribution in [0.1, 0.15) is 38.2 Å². The summed E-state index contributed by atoms with van der Waals surface area (Å²) in [6.07, 6.45) is 5.22. The molecule has 5 heteroatoms. The third-order valence-electron chi connectivity index (χ3n) is 5.28. The normalized spacial score (nSPS) is 27.9. The Morgan fingerprint density at radius 1 is 1.04 bits per heavy atom. The molecule has 3 rings (SSSR count). The van der Waals surface area contributed by atoms with Crippen LogP contribution in [0.5, 0.6) is 0 Å². The maximum Gasteiger partial charge on any atom is 0.218 e. The number of nitrogens with zero attached hydrogens (tertiary/aromatic N) is 2. The van der Waals surface area contributed by atoms with Gasteiger partial charge in [0.15, 0.2) is 0 Å². The lowest BCUT2D eigenvalue weighted by atomic mass is 9.86. The van der Waals surface area contributed by atoms with Crippen LogP contribution in [0.3, 0.4) is 0 Å². The van der Waals surface area contributed by atoms with E-state index in [4.69, 9.17) is 0 Å². The monoisotopic (exact) mass is 336 g/mol. The predicted molar refractivity (Wildman–Crippen MR) is 93.6 cm³/mol. The van der Waals surface area contributed by atoms with Gasteiger partial charge in [0.2, 0.25) is 10.0 Å². The van der Waals surface area contributed by atoms with E-state index in [9.17, 15) is 8.42 Å². The van der Waals surface area contributed by atoms with Gasteiger partial charge in [0.25, 0.3) is 0 Å². The Kier molecular flexibility index (Phi) is 5.39. The van der Waals surface area contributed by atoms with Gasteiger partial charge >= 0.3 is 0 Å². The molecule has 0 aromatic heterocycles. The van der Waals surface area contributed by atoms with E-state index in [1.54, 1.807) is 4.31 Å². The lowest BCUT2D eigenvalue weighted by Crippen LogP contribution is -2.52. The molecule has 0 amide bonds. The molecule has 4 nitrogen and oxygen atoms in total. The van der Waals surface area contributed by atoms with Crippen molar-refractivity contribution in [3.8, 4) is 0 Å². The first-order valence-corrected chi connectivity index (χ1v) is 10.4. The summed E-state index contributed by atoms with van der Waals surface area (Å²) in [5.74, 6) is 0.933. The molecule has 1 aromatic rings. The highest BCUT2D eigenvalue weighted by molar-refractivity contribution is 7.88. The van der Waals surface area contributed by atoms with Crippen molar-refractivity contribution in [2.45, 2.75) is 44.4 Å². The molecule has 1 saturated heterocycles. The van der Waals surface area contributed by atoms with Crippen LogP contribution < -0.4 is 0 Å². The fourth-order valence-corrected chi connectivity index (χ4v) is 5.47. The van der Waals surface area contributed by atoms with E-state index >= 15 is 0 Å². The van der Waals surface area contributed by atoms with Crippen molar-refractivity contribution in [2.75, 3.05) is 26.2 Å². The van der Waals surface area contributed by atoms with E-state index in [2.05, 4.69) is 11.8 Å². The molecule has 23 heavy (non-hydrogen) atoms. The lowest BCUT2D eigenvalue weighted by Gasteiger charge is -2.41. The zero-order chi connectivity index (χ0) is 16.3. The van der Waals surface area contributed by atoms with Gasteiger partial charge in [-0.1, -0.05) is 50.1 Å². The first-order chi connectivity index (χ1) is 11.0. The van der Waals surface area contributed by atoms with Crippen LogP contribution in [-0.4, -0.2) is 49.8 Å². The number of sulfonamides is 1. The van der Waals surface area contributed by atoms with Crippen molar-refractivity contribution in [2.24, 2.45) is 5.92 Å². The summed E-state index contributed by atoms with van der Waals surface area (Å²) in [5, 5.41) is 0. The second-order valence-corrected chi connectivity index (χ2v) is 9.07. The average molecular weight is 337 g/mol. The van der Waals surface area contributed by atoms with Crippen molar-refractivity contribution in [3.63, 3.8) is 0 Å². The minimum Gasteiger partial charge on any atom is -0.298 e. The molecular weight excluding hydrogens is 308 g/mol. The SMILES string of the molecule is C[C@H]1CCC[C@H](N2CCN(S(=O)(=O)Cc3ccccc3)CC2)C1. The van der Waals surface area contributed by atoms with E-state index in [1.165, 1.54) is 25.7 Å². The predicted octanol–water partition coefficient (Wildman–Crippen LogP) is 2.71. The fraction of sp³-hybridized carbons (Fsp3) is 0.667. The van der Waals surface area contributed by atoms with Gasteiger partial charge in [0.05, 0.1) is 5.75 Å². The van der Waals surface area contributed by atoms with E-state index in [0.29, 0.717) is 19.1 Å². The molecule has 0 unspecified atom stereocenters. The number of benzene rings is 1. The molecule has 1 aliphatic carbocycles. The van der Waals surface area contributed by atoms with E-state index < -0.39 is 10.0 Å². The highest BCUT2D eigenvalue weighted by atomic mass is 32.2. The number of rotatable bonds is 4. The summed E-state index contributed by atoms with van der Waals surface area (Å²) in [4.78, 5) is 2.52. The molecule has 0 spiro atoms. The molecule has 2 fully saturated rings. The van der Waals surface area contributed by atoms with Gasteiger partial charge in [-0.15, -0.1) is 0 Å². The molecule has 2 aliphatic rings. The molecule has 1 heterocycles. The third-order valence-corrected chi connectivity index (χ3v) is 7.13. The molecule has 1 aliphatic heterocycles. The Morgan fingerprint density at radius 3 is 2.39 bits per heavy atom. The van der Waals surface area contributed by atoms with Gasteiger partial charge < -0.3 is 0 Å². The van der Waals surface area contributed by atoms with Gasteiger partial charge in [0, 0.05) is 32.2 Å². The third kappa shape index (κ3) is 4.34. The van der Waals surface area contributed by atoms with Crippen molar-refractivity contribution in [3.05, 3.63) is 35.9 Å². The first kappa shape index (κ1) is 16.9. The molecule has 0 radical (unpaired) electrons. The van der Waals surface area contributed by atoms with Crippen LogP contribution in [0.2, 0.25) is 0 Å². The Labute approximate surface area is 140 Å². The highest BCUT2D eigenvalue weighted by Gasteiger charge is 2.31. The summed E-state index contributed by atoms with van der Waals surface area (Å²) >= 11 is 0. The number of piperazine rings is 1. The molecule has 0 N–H and O–H groups in total. The largest absolute Gasteiger partial charge is 0.298 e. The molecule has 128 valence electrons. The molecular formula is C18H28N2O2S.